The molecule has 0 unspecified atom stereocenters. The first-order valence-electron chi connectivity index (χ1n) is 6.83. The smallest absolute Gasteiger partial charge is 0.289 e. The highest BCUT2D eigenvalue weighted by Gasteiger charge is 2.10. The van der Waals surface area contributed by atoms with Gasteiger partial charge in [-0.1, -0.05) is 0 Å². The molecule has 0 aliphatic rings. The van der Waals surface area contributed by atoms with Crippen LogP contribution < -0.4 is 10.2 Å². The van der Waals surface area contributed by atoms with E-state index < -0.39 is 0 Å². The molecule has 0 aliphatic heterocycles. The number of rotatable bonds is 5. The number of benzene rings is 1. The SMILES string of the molecule is COc1ccc(-c2cc(C(=O)NN=Cc3ccco3)[nH]n2)cc1. The third-order valence-corrected chi connectivity index (χ3v) is 3.11. The number of furan rings is 1. The summed E-state index contributed by atoms with van der Waals surface area (Å²) in [6.45, 7) is 0. The van der Waals surface area contributed by atoms with Gasteiger partial charge in [0, 0.05) is 5.56 Å². The number of hydrogen-bond donors (Lipinski definition) is 2. The number of H-pyrrole nitrogens is 1. The highest BCUT2D eigenvalue weighted by atomic mass is 16.5. The fourth-order valence-electron chi connectivity index (χ4n) is 1.93. The molecule has 0 spiro atoms. The lowest BCUT2D eigenvalue weighted by molar-refractivity contribution is 0.0950. The normalized spacial score (nSPS) is 10.8. The second-order valence-electron chi connectivity index (χ2n) is 4.61. The van der Waals surface area contributed by atoms with Gasteiger partial charge in [0.05, 0.1) is 25.3 Å². The van der Waals surface area contributed by atoms with Crippen molar-refractivity contribution in [2.45, 2.75) is 0 Å². The van der Waals surface area contributed by atoms with Crippen molar-refractivity contribution in [3.63, 3.8) is 0 Å². The summed E-state index contributed by atoms with van der Waals surface area (Å²) in [4.78, 5) is 12.0. The van der Waals surface area contributed by atoms with Crippen molar-refractivity contribution in [2.24, 2.45) is 5.10 Å². The zero-order chi connectivity index (χ0) is 16.1. The molecule has 0 saturated heterocycles. The number of hydrogen-bond acceptors (Lipinski definition) is 5. The van der Waals surface area contributed by atoms with Gasteiger partial charge in [-0.25, -0.2) is 5.43 Å². The molecule has 2 aromatic heterocycles. The van der Waals surface area contributed by atoms with Crippen LogP contribution in [0.2, 0.25) is 0 Å². The Bertz CT molecular complexity index is 804. The summed E-state index contributed by atoms with van der Waals surface area (Å²) in [7, 11) is 1.61. The maximum Gasteiger partial charge on any atom is 0.289 e. The lowest BCUT2D eigenvalue weighted by Crippen LogP contribution is -2.17. The van der Waals surface area contributed by atoms with E-state index in [4.69, 9.17) is 9.15 Å². The number of carbonyl (C=O) groups excluding carboxylic acids is 1. The molecule has 1 aromatic carbocycles. The number of amides is 1. The summed E-state index contributed by atoms with van der Waals surface area (Å²) in [5, 5.41) is 10.6. The maximum atomic E-state index is 12.0. The second kappa shape index (κ2) is 6.61. The number of nitrogens with zero attached hydrogens (tertiary/aromatic N) is 2. The molecule has 0 radical (unpaired) electrons. The molecule has 2 N–H and O–H groups in total. The van der Waals surface area contributed by atoms with E-state index in [0.717, 1.165) is 11.3 Å². The van der Waals surface area contributed by atoms with Crippen molar-refractivity contribution >= 4 is 12.1 Å². The minimum absolute atomic E-state index is 0.312. The number of aromatic nitrogens is 2. The fraction of sp³-hybridized carbons (Fsp3) is 0.0625. The number of methoxy groups -OCH3 is 1. The summed E-state index contributed by atoms with van der Waals surface area (Å²) in [5.74, 6) is 0.920. The van der Waals surface area contributed by atoms with Gasteiger partial charge in [0.25, 0.3) is 5.91 Å². The number of ether oxygens (including phenoxy) is 1. The Morgan fingerprint density at radius 1 is 1.35 bits per heavy atom. The van der Waals surface area contributed by atoms with E-state index in [-0.39, 0.29) is 5.91 Å². The Morgan fingerprint density at radius 2 is 2.17 bits per heavy atom. The Labute approximate surface area is 132 Å². The van der Waals surface area contributed by atoms with E-state index in [2.05, 4.69) is 20.7 Å². The molecular weight excluding hydrogens is 296 g/mol. The van der Waals surface area contributed by atoms with Crippen LogP contribution in [0.15, 0.2) is 58.2 Å². The van der Waals surface area contributed by atoms with Crippen molar-refractivity contribution < 1.29 is 13.9 Å². The lowest BCUT2D eigenvalue weighted by Gasteiger charge is -1.99. The van der Waals surface area contributed by atoms with Gasteiger partial charge < -0.3 is 9.15 Å². The van der Waals surface area contributed by atoms with Gasteiger partial charge in [-0.2, -0.15) is 10.2 Å². The fourth-order valence-corrected chi connectivity index (χ4v) is 1.93. The largest absolute Gasteiger partial charge is 0.497 e. The molecule has 23 heavy (non-hydrogen) atoms. The van der Waals surface area contributed by atoms with Crippen molar-refractivity contribution in [1.29, 1.82) is 0 Å². The zero-order valence-electron chi connectivity index (χ0n) is 12.3. The van der Waals surface area contributed by atoms with Gasteiger partial charge in [-0.05, 0) is 42.5 Å². The monoisotopic (exact) mass is 310 g/mol. The van der Waals surface area contributed by atoms with Crippen LogP contribution in [-0.2, 0) is 0 Å². The Hall–Kier alpha value is -3.35. The van der Waals surface area contributed by atoms with Crippen LogP contribution in [0.5, 0.6) is 5.75 Å². The molecule has 0 bridgehead atoms. The zero-order valence-corrected chi connectivity index (χ0v) is 12.3. The molecule has 0 saturated carbocycles. The predicted molar refractivity (Wildman–Crippen MR) is 84.3 cm³/mol. The Morgan fingerprint density at radius 3 is 2.87 bits per heavy atom. The maximum absolute atomic E-state index is 12.0. The molecule has 0 fully saturated rings. The lowest BCUT2D eigenvalue weighted by atomic mass is 10.1. The van der Waals surface area contributed by atoms with Crippen LogP contribution in [0, 0.1) is 0 Å². The van der Waals surface area contributed by atoms with Crippen molar-refractivity contribution in [3.8, 4) is 17.0 Å². The van der Waals surface area contributed by atoms with Crippen LogP contribution in [-0.4, -0.2) is 29.4 Å². The van der Waals surface area contributed by atoms with Crippen LogP contribution in [0.4, 0.5) is 0 Å². The topological polar surface area (TPSA) is 92.5 Å². The van der Waals surface area contributed by atoms with Gasteiger partial charge in [-0.3, -0.25) is 9.89 Å². The summed E-state index contributed by atoms with van der Waals surface area (Å²) in [6, 6.07) is 12.5. The van der Waals surface area contributed by atoms with Gasteiger partial charge in [0.2, 0.25) is 0 Å². The highest BCUT2D eigenvalue weighted by Crippen LogP contribution is 2.21. The molecule has 2 heterocycles. The molecule has 0 atom stereocenters. The minimum Gasteiger partial charge on any atom is -0.497 e. The standard InChI is InChI=1S/C16H14N4O3/c1-22-12-6-4-11(5-7-12)14-9-15(19-18-14)16(21)20-17-10-13-3-2-8-23-13/h2-10H,1H3,(H,18,19)(H,20,21). The molecule has 3 aromatic rings. The first kappa shape index (κ1) is 14.6. The Kier molecular flexibility index (Phi) is 4.19. The molecule has 7 nitrogen and oxygen atoms in total. The summed E-state index contributed by atoms with van der Waals surface area (Å²) < 4.78 is 10.2. The summed E-state index contributed by atoms with van der Waals surface area (Å²) >= 11 is 0. The van der Waals surface area contributed by atoms with Gasteiger partial charge >= 0.3 is 0 Å². The van der Waals surface area contributed by atoms with Crippen molar-refractivity contribution in [2.75, 3.05) is 7.11 Å². The third kappa shape index (κ3) is 3.46. The van der Waals surface area contributed by atoms with Crippen LogP contribution >= 0.6 is 0 Å². The number of hydrazone groups is 1. The highest BCUT2D eigenvalue weighted by molar-refractivity contribution is 5.93. The average Bonchev–Trinajstić information content (AvgIpc) is 3.26. The molecule has 3 rings (SSSR count). The summed E-state index contributed by atoms with van der Waals surface area (Å²) in [6.07, 6.45) is 2.94. The van der Waals surface area contributed by atoms with Gasteiger partial charge in [0.15, 0.2) is 0 Å². The first-order valence-corrected chi connectivity index (χ1v) is 6.83. The Balaban J connectivity index is 1.67. The van der Waals surface area contributed by atoms with E-state index >= 15 is 0 Å². The first-order chi connectivity index (χ1) is 11.3. The summed E-state index contributed by atoms with van der Waals surface area (Å²) in [5.41, 5.74) is 4.25. The molecule has 116 valence electrons. The molecule has 7 heteroatoms. The van der Waals surface area contributed by atoms with Crippen LogP contribution in [0.25, 0.3) is 11.3 Å². The van der Waals surface area contributed by atoms with Crippen molar-refractivity contribution in [3.05, 3.63) is 60.2 Å². The second-order valence-corrected chi connectivity index (χ2v) is 4.61. The average molecular weight is 310 g/mol. The number of aromatic amines is 1. The molecule has 1 amide bonds. The van der Waals surface area contributed by atoms with Crippen molar-refractivity contribution in [1.82, 2.24) is 15.6 Å². The minimum atomic E-state index is -0.389. The van der Waals surface area contributed by atoms with Gasteiger partial charge in [-0.15, -0.1) is 0 Å². The van der Waals surface area contributed by atoms with E-state index in [1.54, 1.807) is 25.3 Å². The van der Waals surface area contributed by atoms with E-state index in [1.807, 2.05) is 24.3 Å². The molecular formula is C16H14N4O3. The van der Waals surface area contributed by atoms with E-state index in [1.165, 1.54) is 12.5 Å². The van der Waals surface area contributed by atoms with E-state index in [0.29, 0.717) is 17.1 Å². The number of nitrogens with one attached hydrogen (secondary N) is 2. The number of carbonyl (C=O) groups is 1. The molecule has 0 aliphatic carbocycles. The van der Waals surface area contributed by atoms with Gasteiger partial charge in [0.1, 0.15) is 17.2 Å². The van der Waals surface area contributed by atoms with Crippen LogP contribution in [0.1, 0.15) is 16.2 Å². The predicted octanol–water partition coefficient (Wildman–Crippen LogP) is 2.44. The van der Waals surface area contributed by atoms with Crippen LogP contribution in [0.3, 0.4) is 0 Å². The third-order valence-electron chi connectivity index (χ3n) is 3.11. The van der Waals surface area contributed by atoms with E-state index in [9.17, 15) is 4.79 Å². The quantitative estimate of drug-likeness (QED) is 0.559.